The second-order valence-corrected chi connectivity index (χ2v) is 5.08. The molecule has 2 rings (SSSR count). The zero-order chi connectivity index (χ0) is 14.5. The van der Waals surface area contributed by atoms with E-state index in [-0.39, 0.29) is 17.9 Å². The maximum Gasteiger partial charge on any atom is 0.306 e. The molecule has 2 N–H and O–H groups in total. The molecule has 1 amide bonds. The maximum atomic E-state index is 12.2. The molecule has 3 atom stereocenters. The van der Waals surface area contributed by atoms with Gasteiger partial charge < -0.3 is 15.2 Å². The molecule has 0 saturated heterocycles. The highest BCUT2D eigenvalue weighted by Crippen LogP contribution is 2.26. The van der Waals surface area contributed by atoms with Crippen LogP contribution in [0.4, 0.5) is 0 Å². The van der Waals surface area contributed by atoms with Crippen molar-refractivity contribution in [1.29, 1.82) is 0 Å². The van der Waals surface area contributed by atoms with Gasteiger partial charge in [0.05, 0.1) is 5.92 Å². The molecular formula is C15H19NO4. The summed E-state index contributed by atoms with van der Waals surface area (Å²) in [6.07, 6.45) is 1.16. The van der Waals surface area contributed by atoms with Gasteiger partial charge in [0, 0.05) is 13.2 Å². The summed E-state index contributed by atoms with van der Waals surface area (Å²) in [5, 5.41) is 11.8. The van der Waals surface area contributed by atoms with Crippen LogP contribution in [-0.4, -0.2) is 30.1 Å². The topological polar surface area (TPSA) is 75.6 Å². The highest BCUT2D eigenvalue weighted by Gasteiger charge is 2.32. The normalized spacial score (nSPS) is 23.2. The first-order chi connectivity index (χ1) is 9.61. The fourth-order valence-corrected chi connectivity index (χ4v) is 2.64. The first-order valence-corrected chi connectivity index (χ1v) is 6.72. The smallest absolute Gasteiger partial charge is 0.306 e. The van der Waals surface area contributed by atoms with E-state index < -0.39 is 12.1 Å². The average Bonchev–Trinajstić information content (AvgIpc) is 2.89. The molecule has 0 aliphatic heterocycles. The van der Waals surface area contributed by atoms with Crippen molar-refractivity contribution in [2.24, 2.45) is 5.92 Å². The summed E-state index contributed by atoms with van der Waals surface area (Å²) in [5.74, 6) is -1.35. The van der Waals surface area contributed by atoms with E-state index in [9.17, 15) is 9.59 Å². The largest absolute Gasteiger partial charge is 0.481 e. The van der Waals surface area contributed by atoms with Crippen molar-refractivity contribution in [2.45, 2.75) is 31.4 Å². The zero-order valence-electron chi connectivity index (χ0n) is 11.4. The number of nitrogens with one attached hydrogen (secondary N) is 1. The minimum Gasteiger partial charge on any atom is -0.481 e. The number of ether oxygens (including phenoxy) is 1. The van der Waals surface area contributed by atoms with E-state index >= 15 is 0 Å². The Morgan fingerprint density at radius 2 is 2.00 bits per heavy atom. The molecule has 0 spiro atoms. The molecule has 0 unspecified atom stereocenters. The van der Waals surface area contributed by atoms with E-state index in [0.717, 1.165) is 5.56 Å². The van der Waals surface area contributed by atoms with Gasteiger partial charge in [-0.15, -0.1) is 0 Å². The van der Waals surface area contributed by atoms with Crippen molar-refractivity contribution in [3.8, 4) is 0 Å². The number of benzene rings is 1. The molecule has 0 bridgehead atoms. The number of carbonyl (C=O) groups is 2. The predicted molar refractivity (Wildman–Crippen MR) is 73.1 cm³/mol. The van der Waals surface area contributed by atoms with Crippen LogP contribution in [0.25, 0.3) is 0 Å². The van der Waals surface area contributed by atoms with E-state index in [1.807, 2.05) is 30.3 Å². The summed E-state index contributed by atoms with van der Waals surface area (Å²) >= 11 is 0. The Kier molecular flexibility index (Phi) is 4.74. The molecule has 1 aromatic carbocycles. The van der Waals surface area contributed by atoms with Gasteiger partial charge in [-0.25, -0.2) is 0 Å². The summed E-state index contributed by atoms with van der Waals surface area (Å²) in [7, 11) is 1.49. The number of carboxylic acid groups (broad SMARTS) is 1. The molecule has 20 heavy (non-hydrogen) atoms. The Morgan fingerprint density at radius 1 is 1.30 bits per heavy atom. The Morgan fingerprint density at radius 3 is 2.55 bits per heavy atom. The molecular weight excluding hydrogens is 258 g/mol. The number of carbonyl (C=O) groups excluding carboxylic acids is 1. The average molecular weight is 277 g/mol. The number of amides is 1. The van der Waals surface area contributed by atoms with Crippen molar-refractivity contribution in [2.75, 3.05) is 7.11 Å². The summed E-state index contributed by atoms with van der Waals surface area (Å²) in [6, 6.07) is 9.17. The molecule has 108 valence electrons. The Labute approximate surface area is 117 Å². The molecule has 1 aliphatic carbocycles. The zero-order valence-corrected chi connectivity index (χ0v) is 11.4. The number of rotatable bonds is 5. The van der Waals surface area contributed by atoms with Crippen molar-refractivity contribution in [3.63, 3.8) is 0 Å². The van der Waals surface area contributed by atoms with Crippen LogP contribution in [0.1, 0.15) is 30.9 Å². The SMILES string of the molecule is CO[C@@H](C(=O)N[C@H]1CC[C@@H](C(=O)O)C1)c1ccccc1. The van der Waals surface area contributed by atoms with Crippen LogP contribution >= 0.6 is 0 Å². The lowest BCUT2D eigenvalue weighted by molar-refractivity contribution is -0.141. The fourth-order valence-electron chi connectivity index (χ4n) is 2.64. The van der Waals surface area contributed by atoms with Crippen LogP contribution in [0.5, 0.6) is 0 Å². The predicted octanol–water partition coefficient (Wildman–Crippen LogP) is 1.74. The molecule has 0 radical (unpaired) electrons. The third kappa shape index (κ3) is 3.36. The number of methoxy groups -OCH3 is 1. The Bertz CT molecular complexity index is 474. The van der Waals surface area contributed by atoms with Crippen molar-refractivity contribution in [1.82, 2.24) is 5.32 Å². The van der Waals surface area contributed by atoms with Gasteiger partial charge in [0.25, 0.3) is 5.91 Å². The highest BCUT2D eigenvalue weighted by atomic mass is 16.5. The maximum absolute atomic E-state index is 12.2. The van der Waals surface area contributed by atoms with E-state index in [0.29, 0.717) is 19.3 Å². The van der Waals surface area contributed by atoms with Gasteiger partial charge in [0.1, 0.15) is 0 Å². The summed E-state index contributed by atoms with van der Waals surface area (Å²) in [4.78, 5) is 23.1. The lowest BCUT2D eigenvalue weighted by Crippen LogP contribution is -2.37. The van der Waals surface area contributed by atoms with Gasteiger partial charge in [-0.2, -0.15) is 0 Å². The minimum atomic E-state index is -0.784. The monoisotopic (exact) mass is 277 g/mol. The number of aliphatic carboxylic acids is 1. The van der Waals surface area contributed by atoms with Crippen molar-refractivity contribution in [3.05, 3.63) is 35.9 Å². The van der Waals surface area contributed by atoms with Crippen molar-refractivity contribution < 1.29 is 19.4 Å². The van der Waals surface area contributed by atoms with E-state index in [4.69, 9.17) is 9.84 Å². The lowest BCUT2D eigenvalue weighted by Gasteiger charge is -2.19. The standard InChI is InChI=1S/C15H19NO4/c1-20-13(10-5-3-2-4-6-10)14(17)16-12-8-7-11(9-12)15(18)19/h2-6,11-13H,7-9H2,1H3,(H,16,17)(H,18,19)/t11-,12+,13-/m1/s1. The van der Waals surface area contributed by atoms with E-state index in [1.165, 1.54) is 7.11 Å². The molecule has 0 heterocycles. The highest BCUT2D eigenvalue weighted by molar-refractivity contribution is 5.82. The first kappa shape index (κ1) is 14.5. The van der Waals surface area contributed by atoms with Crippen LogP contribution in [0.15, 0.2) is 30.3 Å². The third-order valence-corrected chi connectivity index (χ3v) is 3.70. The second kappa shape index (κ2) is 6.52. The van der Waals surface area contributed by atoms with E-state index in [1.54, 1.807) is 0 Å². The fraction of sp³-hybridized carbons (Fsp3) is 0.467. The summed E-state index contributed by atoms with van der Waals surface area (Å²) in [5.41, 5.74) is 0.792. The minimum absolute atomic E-state index is 0.0787. The van der Waals surface area contributed by atoms with Crippen LogP contribution in [0.3, 0.4) is 0 Å². The number of hydrogen-bond donors (Lipinski definition) is 2. The second-order valence-electron chi connectivity index (χ2n) is 5.08. The summed E-state index contributed by atoms with van der Waals surface area (Å²) in [6.45, 7) is 0. The molecule has 0 aromatic heterocycles. The lowest BCUT2D eigenvalue weighted by atomic mass is 10.1. The quantitative estimate of drug-likeness (QED) is 0.859. The molecule has 1 saturated carbocycles. The van der Waals surface area contributed by atoms with Crippen LogP contribution < -0.4 is 5.32 Å². The molecule has 5 heteroatoms. The van der Waals surface area contributed by atoms with Gasteiger partial charge in [0.15, 0.2) is 6.10 Å². The number of hydrogen-bond acceptors (Lipinski definition) is 3. The molecule has 1 aromatic rings. The molecule has 1 fully saturated rings. The Hall–Kier alpha value is -1.88. The first-order valence-electron chi connectivity index (χ1n) is 6.72. The van der Waals surface area contributed by atoms with Gasteiger partial charge in [0.2, 0.25) is 0 Å². The Balaban J connectivity index is 1.96. The van der Waals surface area contributed by atoms with Gasteiger partial charge in [-0.3, -0.25) is 9.59 Å². The molecule has 1 aliphatic rings. The van der Waals surface area contributed by atoms with Gasteiger partial charge in [-0.05, 0) is 24.8 Å². The van der Waals surface area contributed by atoms with Crippen LogP contribution in [0, 0.1) is 5.92 Å². The number of carboxylic acids is 1. The third-order valence-electron chi connectivity index (χ3n) is 3.70. The van der Waals surface area contributed by atoms with E-state index in [2.05, 4.69) is 5.32 Å². The molecule has 5 nitrogen and oxygen atoms in total. The van der Waals surface area contributed by atoms with Gasteiger partial charge in [-0.1, -0.05) is 30.3 Å². The van der Waals surface area contributed by atoms with Gasteiger partial charge >= 0.3 is 5.97 Å². The van der Waals surface area contributed by atoms with Crippen molar-refractivity contribution >= 4 is 11.9 Å². The van der Waals surface area contributed by atoms with Crippen LogP contribution in [-0.2, 0) is 14.3 Å². The van der Waals surface area contributed by atoms with Crippen LogP contribution in [0.2, 0.25) is 0 Å². The summed E-state index contributed by atoms with van der Waals surface area (Å²) < 4.78 is 5.25.